The number of anilines is 1. The molecule has 1 rings (SSSR count). The maximum atomic E-state index is 12.2. The monoisotopic (exact) mass is 282 g/mol. The van der Waals surface area contributed by atoms with Crippen LogP contribution in [0.4, 0.5) is 18.9 Å². The van der Waals surface area contributed by atoms with Crippen molar-refractivity contribution in [3.05, 3.63) is 30.3 Å². The molecule has 1 aromatic carbocycles. The summed E-state index contributed by atoms with van der Waals surface area (Å²) in [6.07, 6.45) is -1.66. The summed E-state index contributed by atoms with van der Waals surface area (Å²) in [5.74, 6) is 5.79. The highest BCUT2D eigenvalue weighted by Crippen LogP contribution is 2.15. The summed E-state index contributed by atoms with van der Waals surface area (Å²) in [6, 6.07) is 8.68. The van der Waals surface area contributed by atoms with Gasteiger partial charge in [0.1, 0.15) is 12.8 Å². The van der Waals surface area contributed by atoms with E-state index in [-0.39, 0.29) is 12.8 Å². The third-order valence-electron chi connectivity index (χ3n) is 2.41. The van der Waals surface area contributed by atoms with Crippen LogP contribution < -0.4 is 5.01 Å². The first-order chi connectivity index (χ1) is 9.53. The largest absolute Gasteiger partial charge is 0.428 e. The number of hydrogen-bond acceptors (Lipinski definition) is 2. The van der Waals surface area contributed by atoms with Crippen molar-refractivity contribution in [3.63, 3.8) is 0 Å². The number of hydrazone groups is 1. The molecule has 0 aromatic heterocycles. The van der Waals surface area contributed by atoms with Gasteiger partial charge in [-0.1, -0.05) is 37.5 Å². The SMILES string of the molecule is CCCCC#CCN(/N=C/C(F)(F)F)c1ccccc1. The molecule has 0 radical (unpaired) electrons. The van der Waals surface area contributed by atoms with Gasteiger partial charge in [-0.2, -0.15) is 18.3 Å². The van der Waals surface area contributed by atoms with E-state index in [0.29, 0.717) is 5.69 Å². The predicted molar refractivity (Wildman–Crippen MR) is 75.6 cm³/mol. The Kier molecular flexibility index (Phi) is 6.65. The minimum Gasteiger partial charge on any atom is -0.254 e. The second-order valence-corrected chi connectivity index (χ2v) is 4.14. The van der Waals surface area contributed by atoms with E-state index in [1.54, 1.807) is 30.3 Å². The molecule has 0 aliphatic heterocycles. The third kappa shape index (κ3) is 6.83. The van der Waals surface area contributed by atoms with Gasteiger partial charge in [-0.25, -0.2) is 0 Å². The van der Waals surface area contributed by atoms with E-state index in [4.69, 9.17) is 0 Å². The van der Waals surface area contributed by atoms with Crippen molar-refractivity contribution in [3.8, 4) is 11.8 Å². The molecule has 0 bridgehead atoms. The average Bonchev–Trinajstić information content (AvgIpc) is 2.42. The van der Waals surface area contributed by atoms with E-state index in [2.05, 4.69) is 23.9 Å². The number of para-hydroxylation sites is 1. The first kappa shape index (κ1) is 16.1. The molecule has 1 aromatic rings. The fourth-order valence-electron chi connectivity index (χ4n) is 1.42. The molecule has 2 nitrogen and oxygen atoms in total. The molecule has 0 aliphatic rings. The van der Waals surface area contributed by atoms with Gasteiger partial charge in [-0.05, 0) is 18.6 Å². The first-order valence-corrected chi connectivity index (χ1v) is 6.43. The zero-order valence-electron chi connectivity index (χ0n) is 11.3. The summed E-state index contributed by atoms with van der Waals surface area (Å²) >= 11 is 0. The number of hydrogen-bond donors (Lipinski definition) is 0. The van der Waals surface area contributed by atoms with Gasteiger partial charge in [0.2, 0.25) is 0 Å². The molecular formula is C15H17F3N2. The molecule has 0 saturated carbocycles. The molecule has 5 heteroatoms. The number of alkyl halides is 3. The van der Waals surface area contributed by atoms with Crippen molar-refractivity contribution in [1.82, 2.24) is 0 Å². The van der Waals surface area contributed by atoms with E-state index >= 15 is 0 Å². The predicted octanol–water partition coefficient (Wildman–Crippen LogP) is 4.23. The second kappa shape index (κ2) is 8.26. The van der Waals surface area contributed by atoms with Crippen molar-refractivity contribution in [2.45, 2.75) is 32.4 Å². The lowest BCUT2D eigenvalue weighted by molar-refractivity contribution is -0.0537. The van der Waals surface area contributed by atoms with Gasteiger partial charge in [-0.15, -0.1) is 5.92 Å². The van der Waals surface area contributed by atoms with Crippen molar-refractivity contribution in [2.24, 2.45) is 5.10 Å². The van der Waals surface area contributed by atoms with Crippen LogP contribution in [-0.4, -0.2) is 18.9 Å². The van der Waals surface area contributed by atoms with Crippen LogP contribution >= 0.6 is 0 Å². The van der Waals surface area contributed by atoms with Crippen molar-refractivity contribution >= 4 is 11.9 Å². The van der Waals surface area contributed by atoms with E-state index < -0.39 is 6.18 Å². The Labute approximate surface area is 117 Å². The standard InChI is InChI=1S/C15H17F3N2/c1-2-3-4-5-9-12-20(19-13-15(16,17)18)14-10-7-6-8-11-14/h6-8,10-11,13H,2-4,12H2,1H3/b19-13+. The van der Waals surface area contributed by atoms with Crippen molar-refractivity contribution in [2.75, 3.05) is 11.6 Å². The summed E-state index contributed by atoms with van der Waals surface area (Å²) in [4.78, 5) is 0. The molecule has 20 heavy (non-hydrogen) atoms. The molecule has 0 aliphatic carbocycles. The molecule has 0 unspecified atom stereocenters. The molecule has 108 valence electrons. The minimum atomic E-state index is -4.43. The van der Waals surface area contributed by atoms with Crippen LogP contribution in [0.2, 0.25) is 0 Å². The molecule has 0 heterocycles. The topological polar surface area (TPSA) is 15.6 Å². The fourth-order valence-corrected chi connectivity index (χ4v) is 1.42. The summed E-state index contributed by atoms with van der Waals surface area (Å²) in [5.41, 5.74) is 0.581. The van der Waals surface area contributed by atoms with E-state index in [9.17, 15) is 13.2 Å². The van der Waals surface area contributed by atoms with Crippen molar-refractivity contribution in [1.29, 1.82) is 0 Å². The molecule has 0 fully saturated rings. The lowest BCUT2D eigenvalue weighted by atomic mass is 10.2. The molecule has 0 saturated heterocycles. The van der Waals surface area contributed by atoms with Gasteiger partial charge in [-0.3, -0.25) is 5.01 Å². The van der Waals surface area contributed by atoms with Crippen LogP contribution in [0.5, 0.6) is 0 Å². The lowest BCUT2D eigenvalue weighted by Gasteiger charge is -2.16. The Morgan fingerprint density at radius 1 is 1.20 bits per heavy atom. The Bertz CT molecular complexity index is 469. The number of unbranched alkanes of at least 4 members (excludes halogenated alkanes) is 2. The van der Waals surface area contributed by atoms with E-state index in [1.165, 1.54) is 5.01 Å². The molecule has 0 amide bonds. The average molecular weight is 282 g/mol. The van der Waals surface area contributed by atoms with Gasteiger partial charge in [0.05, 0.1) is 5.69 Å². The van der Waals surface area contributed by atoms with Crippen LogP contribution in [0.3, 0.4) is 0 Å². The normalized spacial score (nSPS) is 11.2. The zero-order valence-corrected chi connectivity index (χ0v) is 11.3. The molecule has 0 atom stereocenters. The van der Waals surface area contributed by atoms with Crippen LogP contribution in [0.1, 0.15) is 26.2 Å². The van der Waals surface area contributed by atoms with Gasteiger partial charge in [0.15, 0.2) is 0 Å². The van der Waals surface area contributed by atoms with Crippen LogP contribution in [0.15, 0.2) is 35.4 Å². The highest BCUT2D eigenvalue weighted by Gasteiger charge is 2.24. The van der Waals surface area contributed by atoms with Gasteiger partial charge >= 0.3 is 6.18 Å². The van der Waals surface area contributed by atoms with Crippen molar-refractivity contribution < 1.29 is 13.2 Å². The Hall–Kier alpha value is -1.96. The quantitative estimate of drug-likeness (QED) is 0.341. The molecular weight excluding hydrogens is 265 g/mol. The molecule has 0 N–H and O–H groups in total. The second-order valence-electron chi connectivity index (χ2n) is 4.14. The van der Waals surface area contributed by atoms with Gasteiger partial charge in [0.25, 0.3) is 0 Å². The zero-order chi connectivity index (χ0) is 14.8. The smallest absolute Gasteiger partial charge is 0.254 e. The lowest BCUT2D eigenvalue weighted by Crippen LogP contribution is -2.20. The fraction of sp³-hybridized carbons (Fsp3) is 0.400. The van der Waals surface area contributed by atoms with E-state index in [1.807, 2.05) is 0 Å². The van der Waals surface area contributed by atoms with Crippen LogP contribution in [0.25, 0.3) is 0 Å². The summed E-state index contributed by atoms with van der Waals surface area (Å²) in [6.45, 7) is 2.20. The number of rotatable bonds is 5. The van der Waals surface area contributed by atoms with Gasteiger partial charge in [0, 0.05) is 6.42 Å². The van der Waals surface area contributed by atoms with Crippen LogP contribution in [0, 0.1) is 11.8 Å². The van der Waals surface area contributed by atoms with E-state index in [0.717, 1.165) is 19.3 Å². The number of nitrogens with zero attached hydrogens (tertiary/aromatic N) is 2. The van der Waals surface area contributed by atoms with Crippen LogP contribution in [-0.2, 0) is 0 Å². The summed E-state index contributed by atoms with van der Waals surface area (Å²) in [7, 11) is 0. The summed E-state index contributed by atoms with van der Waals surface area (Å²) < 4.78 is 36.6. The number of halogens is 3. The minimum absolute atomic E-state index is 0.0201. The maximum Gasteiger partial charge on any atom is 0.428 e. The summed E-state index contributed by atoms with van der Waals surface area (Å²) in [5, 5.41) is 4.71. The highest BCUT2D eigenvalue weighted by molar-refractivity contribution is 5.66. The Morgan fingerprint density at radius 2 is 1.90 bits per heavy atom. The Morgan fingerprint density at radius 3 is 2.50 bits per heavy atom. The molecule has 0 spiro atoms. The number of benzene rings is 1. The highest BCUT2D eigenvalue weighted by atomic mass is 19.4. The first-order valence-electron chi connectivity index (χ1n) is 6.43. The third-order valence-corrected chi connectivity index (χ3v) is 2.41. The van der Waals surface area contributed by atoms with Gasteiger partial charge < -0.3 is 0 Å². The Balaban J connectivity index is 2.74. The maximum absolute atomic E-state index is 12.2.